The molecule has 1 heterocycles. The average molecular weight is 268 g/mol. The SMILES string of the molecule is CC(C)CCC(C)N1C(=O)C(C(C)C)NC1C(C)C. The van der Waals surface area contributed by atoms with E-state index in [1.54, 1.807) is 0 Å². The summed E-state index contributed by atoms with van der Waals surface area (Å²) in [4.78, 5) is 14.7. The quantitative estimate of drug-likeness (QED) is 0.802. The van der Waals surface area contributed by atoms with E-state index in [-0.39, 0.29) is 12.2 Å². The van der Waals surface area contributed by atoms with Crippen LogP contribution in [0, 0.1) is 17.8 Å². The number of hydrogen-bond donors (Lipinski definition) is 1. The molecule has 3 nitrogen and oxygen atoms in total. The van der Waals surface area contributed by atoms with Crippen molar-refractivity contribution in [3.8, 4) is 0 Å². The van der Waals surface area contributed by atoms with Gasteiger partial charge in [-0.05, 0) is 37.5 Å². The third-order valence-corrected chi connectivity index (χ3v) is 4.11. The van der Waals surface area contributed by atoms with Gasteiger partial charge in [0.15, 0.2) is 0 Å². The fourth-order valence-electron chi connectivity index (χ4n) is 2.83. The van der Waals surface area contributed by atoms with Crippen molar-refractivity contribution in [2.75, 3.05) is 0 Å². The zero-order chi connectivity index (χ0) is 14.7. The maximum atomic E-state index is 12.6. The topological polar surface area (TPSA) is 32.3 Å². The van der Waals surface area contributed by atoms with Gasteiger partial charge in [0.2, 0.25) is 5.91 Å². The summed E-state index contributed by atoms with van der Waals surface area (Å²) < 4.78 is 0. The molecule has 0 saturated carbocycles. The fourth-order valence-corrected chi connectivity index (χ4v) is 2.83. The second-order valence-corrected chi connectivity index (χ2v) is 7.14. The first-order valence-corrected chi connectivity index (χ1v) is 7.83. The van der Waals surface area contributed by atoms with Crippen LogP contribution >= 0.6 is 0 Å². The highest BCUT2D eigenvalue weighted by atomic mass is 16.2. The molecular weight excluding hydrogens is 236 g/mol. The Morgan fingerprint density at radius 2 is 1.58 bits per heavy atom. The van der Waals surface area contributed by atoms with Crippen LogP contribution in [0.25, 0.3) is 0 Å². The first kappa shape index (κ1) is 16.5. The molecule has 1 fully saturated rings. The number of amides is 1. The Labute approximate surface area is 119 Å². The van der Waals surface area contributed by atoms with E-state index in [1.807, 2.05) is 0 Å². The summed E-state index contributed by atoms with van der Waals surface area (Å²) in [5, 5.41) is 3.53. The monoisotopic (exact) mass is 268 g/mol. The Hall–Kier alpha value is -0.570. The van der Waals surface area contributed by atoms with E-state index in [4.69, 9.17) is 0 Å². The first-order valence-electron chi connectivity index (χ1n) is 7.83. The summed E-state index contributed by atoms with van der Waals surface area (Å²) >= 11 is 0. The molecule has 0 aromatic carbocycles. The van der Waals surface area contributed by atoms with Crippen LogP contribution in [0.5, 0.6) is 0 Å². The molecule has 1 rings (SSSR count). The second-order valence-electron chi connectivity index (χ2n) is 7.14. The van der Waals surface area contributed by atoms with Gasteiger partial charge in [-0.3, -0.25) is 10.1 Å². The third-order valence-electron chi connectivity index (χ3n) is 4.11. The van der Waals surface area contributed by atoms with Crippen LogP contribution in [0.2, 0.25) is 0 Å². The summed E-state index contributed by atoms with van der Waals surface area (Å²) in [7, 11) is 0. The minimum Gasteiger partial charge on any atom is -0.323 e. The van der Waals surface area contributed by atoms with E-state index in [2.05, 4.69) is 58.7 Å². The number of hydrogen-bond acceptors (Lipinski definition) is 2. The van der Waals surface area contributed by atoms with E-state index in [1.165, 1.54) is 6.42 Å². The van der Waals surface area contributed by atoms with Crippen molar-refractivity contribution in [1.29, 1.82) is 0 Å². The fraction of sp³-hybridized carbons (Fsp3) is 0.938. The molecule has 112 valence electrons. The Balaban J connectivity index is 2.79. The number of rotatable bonds is 6. The van der Waals surface area contributed by atoms with Crippen LogP contribution in [-0.2, 0) is 4.79 Å². The number of nitrogens with zero attached hydrogens (tertiary/aromatic N) is 1. The average Bonchev–Trinajstić information content (AvgIpc) is 2.64. The Morgan fingerprint density at radius 1 is 1.00 bits per heavy atom. The molecule has 0 aromatic rings. The van der Waals surface area contributed by atoms with Gasteiger partial charge in [0.05, 0.1) is 12.2 Å². The van der Waals surface area contributed by atoms with Crippen molar-refractivity contribution >= 4 is 5.91 Å². The smallest absolute Gasteiger partial charge is 0.241 e. The van der Waals surface area contributed by atoms with Gasteiger partial charge in [-0.2, -0.15) is 0 Å². The first-order chi connectivity index (χ1) is 8.75. The molecule has 0 aliphatic carbocycles. The lowest BCUT2D eigenvalue weighted by atomic mass is 10.0. The molecule has 3 unspecified atom stereocenters. The van der Waals surface area contributed by atoms with E-state index < -0.39 is 0 Å². The summed E-state index contributed by atoms with van der Waals surface area (Å²) in [6.45, 7) is 15.3. The molecule has 0 radical (unpaired) electrons. The molecule has 1 aliphatic rings. The summed E-state index contributed by atoms with van der Waals surface area (Å²) in [6.07, 6.45) is 2.48. The van der Waals surface area contributed by atoms with Gasteiger partial charge in [-0.1, -0.05) is 41.5 Å². The van der Waals surface area contributed by atoms with E-state index in [9.17, 15) is 4.79 Å². The lowest BCUT2D eigenvalue weighted by Crippen LogP contribution is -2.46. The molecule has 1 N–H and O–H groups in total. The van der Waals surface area contributed by atoms with Gasteiger partial charge in [-0.25, -0.2) is 0 Å². The number of nitrogens with one attached hydrogen (secondary N) is 1. The van der Waals surface area contributed by atoms with Crippen molar-refractivity contribution in [3.63, 3.8) is 0 Å². The summed E-state index contributed by atoms with van der Waals surface area (Å²) in [5.41, 5.74) is 0. The predicted octanol–water partition coefficient (Wildman–Crippen LogP) is 3.25. The standard InChI is InChI=1S/C16H32N2O/c1-10(2)8-9-13(7)18-15(12(5)6)17-14(11(3)4)16(18)19/h10-15,17H,8-9H2,1-7H3. The molecule has 19 heavy (non-hydrogen) atoms. The molecule has 1 amide bonds. The molecule has 0 spiro atoms. The maximum absolute atomic E-state index is 12.6. The van der Waals surface area contributed by atoms with Crippen molar-refractivity contribution < 1.29 is 4.79 Å². The minimum atomic E-state index is -0.00565. The van der Waals surface area contributed by atoms with E-state index in [0.717, 1.165) is 6.42 Å². The lowest BCUT2D eigenvalue weighted by molar-refractivity contribution is -0.133. The van der Waals surface area contributed by atoms with Gasteiger partial charge < -0.3 is 4.90 Å². The highest BCUT2D eigenvalue weighted by Gasteiger charge is 2.43. The molecule has 3 heteroatoms. The zero-order valence-corrected chi connectivity index (χ0v) is 13.7. The molecule has 0 bridgehead atoms. The highest BCUT2D eigenvalue weighted by Crippen LogP contribution is 2.26. The van der Waals surface area contributed by atoms with Gasteiger partial charge in [0.25, 0.3) is 0 Å². The molecule has 0 aromatic heterocycles. The Kier molecular flexibility index (Phi) is 5.84. The number of carbonyl (C=O) groups is 1. The third kappa shape index (κ3) is 3.95. The van der Waals surface area contributed by atoms with Crippen LogP contribution in [0.15, 0.2) is 0 Å². The van der Waals surface area contributed by atoms with Gasteiger partial charge in [0.1, 0.15) is 0 Å². The van der Waals surface area contributed by atoms with Crippen LogP contribution in [0.3, 0.4) is 0 Å². The Bertz CT molecular complexity index is 299. The van der Waals surface area contributed by atoms with Gasteiger partial charge >= 0.3 is 0 Å². The summed E-state index contributed by atoms with van der Waals surface area (Å²) in [6, 6.07) is 0.326. The highest BCUT2D eigenvalue weighted by molar-refractivity contribution is 5.85. The Morgan fingerprint density at radius 3 is 2.00 bits per heavy atom. The predicted molar refractivity (Wildman–Crippen MR) is 80.8 cm³/mol. The molecule has 3 atom stereocenters. The van der Waals surface area contributed by atoms with Crippen LogP contribution < -0.4 is 5.32 Å². The van der Waals surface area contributed by atoms with Gasteiger partial charge in [-0.15, -0.1) is 0 Å². The van der Waals surface area contributed by atoms with E-state index in [0.29, 0.717) is 29.7 Å². The lowest BCUT2D eigenvalue weighted by Gasteiger charge is -2.33. The second kappa shape index (κ2) is 6.74. The minimum absolute atomic E-state index is 0.00565. The largest absolute Gasteiger partial charge is 0.323 e. The van der Waals surface area contributed by atoms with Crippen molar-refractivity contribution in [2.24, 2.45) is 17.8 Å². The zero-order valence-electron chi connectivity index (χ0n) is 13.7. The summed E-state index contributed by atoms with van der Waals surface area (Å²) in [5.74, 6) is 1.81. The van der Waals surface area contributed by atoms with Crippen LogP contribution in [0.4, 0.5) is 0 Å². The molecular formula is C16H32N2O. The maximum Gasteiger partial charge on any atom is 0.241 e. The van der Waals surface area contributed by atoms with Gasteiger partial charge in [0, 0.05) is 6.04 Å². The van der Waals surface area contributed by atoms with Crippen molar-refractivity contribution in [1.82, 2.24) is 10.2 Å². The van der Waals surface area contributed by atoms with Crippen LogP contribution in [0.1, 0.15) is 61.3 Å². The van der Waals surface area contributed by atoms with E-state index >= 15 is 0 Å². The normalized spacial score (nSPS) is 26.0. The van der Waals surface area contributed by atoms with Crippen molar-refractivity contribution in [2.45, 2.75) is 79.6 Å². The number of carbonyl (C=O) groups excluding carboxylic acids is 1. The van der Waals surface area contributed by atoms with Crippen LogP contribution in [-0.4, -0.2) is 29.1 Å². The molecule has 1 aliphatic heterocycles. The molecule has 1 saturated heterocycles. The van der Waals surface area contributed by atoms with Crippen molar-refractivity contribution in [3.05, 3.63) is 0 Å².